The van der Waals surface area contributed by atoms with Gasteiger partial charge in [-0.15, -0.1) is 0 Å². The first-order valence-electron chi connectivity index (χ1n) is 7.40. The molecule has 9 heteroatoms. The van der Waals surface area contributed by atoms with Crippen molar-refractivity contribution in [2.45, 2.75) is 13.5 Å². The number of hydrogen-bond acceptors (Lipinski definition) is 6. The first-order chi connectivity index (χ1) is 11.7. The van der Waals surface area contributed by atoms with Crippen LogP contribution >= 0.6 is 0 Å². The number of aryl methyl sites for hydroxylation is 2. The van der Waals surface area contributed by atoms with Crippen LogP contribution in [0, 0.1) is 6.92 Å². The highest BCUT2D eigenvalue weighted by Crippen LogP contribution is 2.17. The molecule has 0 saturated heterocycles. The lowest BCUT2D eigenvalue weighted by atomic mass is 10.4. The van der Waals surface area contributed by atoms with E-state index in [-0.39, 0.29) is 0 Å². The Morgan fingerprint density at radius 3 is 2.75 bits per heavy atom. The SMILES string of the molecule is Cc1nc(-c2nccn2Cc2nc(-c3cnccn3)n[nH]2)cn1C. The number of rotatable bonds is 4. The van der Waals surface area contributed by atoms with Gasteiger partial charge in [-0.25, -0.2) is 19.9 Å². The molecule has 4 aromatic rings. The van der Waals surface area contributed by atoms with Crippen molar-refractivity contribution in [2.24, 2.45) is 7.05 Å². The fourth-order valence-corrected chi connectivity index (χ4v) is 2.39. The van der Waals surface area contributed by atoms with E-state index < -0.39 is 0 Å². The van der Waals surface area contributed by atoms with E-state index >= 15 is 0 Å². The van der Waals surface area contributed by atoms with E-state index in [0.717, 1.165) is 17.3 Å². The third kappa shape index (κ3) is 2.56. The molecule has 0 radical (unpaired) electrons. The number of imidazole rings is 2. The van der Waals surface area contributed by atoms with Gasteiger partial charge < -0.3 is 9.13 Å². The van der Waals surface area contributed by atoms with Gasteiger partial charge >= 0.3 is 0 Å². The summed E-state index contributed by atoms with van der Waals surface area (Å²) in [6.45, 7) is 2.47. The molecular weight excluding hydrogens is 306 g/mol. The lowest BCUT2D eigenvalue weighted by molar-refractivity contribution is 0.753. The molecule has 0 aromatic carbocycles. The number of nitrogens with one attached hydrogen (secondary N) is 1. The van der Waals surface area contributed by atoms with Crippen molar-refractivity contribution < 1.29 is 0 Å². The highest BCUT2D eigenvalue weighted by atomic mass is 15.2. The van der Waals surface area contributed by atoms with Crippen molar-refractivity contribution in [2.75, 3.05) is 0 Å². The number of aromatic nitrogens is 9. The second kappa shape index (κ2) is 5.69. The molecule has 120 valence electrons. The van der Waals surface area contributed by atoms with Crippen LogP contribution in [0.15, 0.2) is 37.2 Å². The van der Waals surface area contributed by atoms with E-state index in [1.54, 1.807) is 24.8 Å². The van der Waals surface area contributed by atoms with E-state index in [1.165, 1.54) is 0 Å². The molecule has 1 N–H and O–H groups in total. The summed E-state index contributed by atoms with van der Waals surface area (Å²) in [5, 5.41) is 7.13. The lowest BCUT2D eigenvalue weighted by Gasteiger charge is -2.03. The van der Waals surface area contributed by atoms with Crippen LogP contribution in [0.2, 0.25) is 0 Å². The molecular formula is C15H15N9. The molecule has 4 aromatic heterocycles. The standard InChI is InChI=1S/C15H15N9/c1-10-19-12(8-23(10)2)15-18-5-6-24(15)9-13-20-14(22-21-13)11-7-16-3-4-17-11/h3-8H,9H2,1-2H3,(H,20,21,22). The smallest absolute Gasteiger partial charge is 0.201 e. The Morgan fingerprint density at radius 1 is 1.08 bits per heavy atom. The largest absolute Gasteiger partial charge is 0.337 e. The maximum atomic E-state index is 4.52. The number of aromatic amines is 1. The summed E-state index contributed by atoms with van der Waals surface area (Å²) in [4.78, 5) is 21.6. The Kier molecular flexibility index (Phi) is 3.38. The van der Waals surface area contributed by atoms with Crippen molar-refractivity contribution in [3.8, 4) is 23.0 Å². The minimum atomic E-state index is 0.512. The summed E-state index contributed by atoms with van der Waals surface area (Å²) >= 11 is 0. The molecule has 9 nitrogen and oxygen atoms in total. The molecule has 24 heavy (non-hydrogen) atoms. The monoisotopic (exact) mass is 321 g/mol. The minimum Gasteiger partial charge on any atom is -0.337 e. The zero-order valence-corrected chi connectivity index (χ0v) is 13.2. The van der Waals surface area contributed by atoms with Crippen LogP contribution in [-0.4, -0.2) is 44.3 Å². The van der Waals surface area contributed by atoms with Crippen LogP contribution in [0.1, 0.15) is 11.6 Å². The third-order valence-electron chi connectivity index (χ3n) is 3.70. The zero-order chi connectivity index (χ0) is 16.5. The van der Waals surface area contributed by atoms with E-state index in [9.17, 15) is 0 Å². The Hall–Kier alpha value is -3.36. The molecule has 0 aliphatic heterocycles. The molecule has 0 bridgehead atoms. The van der Waals surface area contributed by atoms with E-state index in [2.05, 4.69) is 35.1 Å². The molecule has 4 heterocycles. The van der Waals surface area contributed by atoms with Gasteiger partial charge in [0.05, 0.1) is 12.7 Å². The minimum absolute atomic E-state index is 0.512. The topological polar surface area (TPSA) is 103 Å². The van der Waals surface area contributed by atoms with Crippen LogP contribution in [-0.2, 0) is 13.6 Å². The maximum absolute atomic E-state index is 4.52. The van der Waals surface area contributed by atoms with Gasteiger partial charge in [0, 0.05) is 38.0 Å². The van der Waals surface area contributed by atoms with E-state index in [1.807, 2.05) is 35.5 Å². The molecule has 0 unspecified atom stereocenters. The molecule has 4 rings (SSSR count). The van der Waals surface area contributed by atoms with Crippen molar-refractivity contribution in [3.63, 3.8) is 0 Å². The van der Waals surface area contributed by atoms with Crippen molar-refractivity contribution in [1.29, 1.82) is 0 Å². The summed E-state index contributed by atoms with van der Waals surface area (Å²) in [6.07, 6.45) is 10.5. The molecule has 0 aliphatic rings. The second-order valence-electron chi connectivity index (χ2n) is 5.36. The Labute approximate surface area is 137 Å². The molecule has 0 fully saturated rings. The number of nitrogens with zero attached hydrogens (tertiary/aromatic N) is 8. The molecule has 0 spiro atoms. The third-order valence-corrected chi connectivity index (χ3v) is 3.70. The average molecular weight is 321 g/mol. The second-order valence-corrected chi connectivity index (χ2v) is 5.36. The molecule has 0 saturated carbocycles. The van der Waals surface area contributed by atoms with E-state index in [4.69, 9.17) is 0 Å². The van der Waals surface area contributed by atoms with Gasteiger partial charge in [-0.3, -0.25) is 10.1 Å². The molecule has 0 amide bonds. The predicted octanol–water partition coefficient (Wildman–Crippen LogP) is 1.22. The Bertz CT molecular complexity index is 944. The number of H-pyrrole nitrogens is 1. The summed E-state index contributed by atoms with van der Waals surface area (Å²) in [5.74, 6) is 2.95. The summed E-state index contributed by atoms with van der Waals surface area (Å²) in [5.41, 5.74) is 1.46. The fraction of sp³-hybridized carbons (Fsp3) is 0.200. The summed E-state index contributed by atoms with van der Waals surface area (Å²) in [7, 11) is 1.96. The normalized spacial score (nSPS) is 11.1. The van der Waals surface area contributed by atoms with Crippen molar-refractivity contribution in [3.05, 3.63) is 48.8 Å². The van der Waals surface area contributed by atoms with Gasteiger partial charge in [-0.1, -0.05) is 0 Å². The van der Waals surface area contributed by atoms with Crippen LogP contribution in [0.3, 0.4) is 0 Å². The van der Waals surface area contributed by atoms with Gasteiger partial charge in [0.25, 0.3) is 0 Å². The maximum Gasteiger partial charge on any atom is 0.201 e. The van der Waals surface area contributed by atoms with Gasteiger partial charge in [0.1, 0.15) is 23.0 Å². The van der Waals surface area contributed by atoms with Crippen LogP contribution in [0.5, 0.6) is 0 Å². The zero-order valence-electron chi connectivity index (χ0n) is 13.2. The summed E-state index contributed by atoms with van der Waals surface area (Å²) < 4.78 is 3.94. The first kappa shape index (κ1) is 14.2. The number of hydrogen-bond donors (Lipinski definition) is 1. The first-order valence-corrected chi connectivity index (χ1v) is 7.40. The predicted molar refractivity (Wildman–Crippen MR) is 85.7 cm³/mol. The van der Waals surface area contributed by atoms with Crippen molar-refractivity contribution in [1.82, 2.24) is 44.3 Å². The lowest BCUT2D eigenvalue weighted by Crippen LogP contribution is -2.03. The highest BCUT2D eigenvalue weighted by Gasteiger charge is 2.13. The summed E-state index contributed by atoms with van der Waals surface area (Å²) in [6, 6.07) is 0. The van der Waals surface area contributed by atoms with Crippen LogP contribution < -0.4 is 0 Å². The van der Waals surface area contributed by atoms with Crippen LogP contribution in [0.25, 0.3) is 23.0 Å². The van der Waals surface area contributed by atoms with Gasteiger partial charge in [0.15, 0.2) is 5.82 Å². The van der Waals surface area contributed by atoms with Gasteiger partial charge in [-0.05, 0) is 6.92 Å². The van der Waals surface area contributed by atoms with E-state index in [0.29, 0.717) is 23.9 Å². The van der Waals surface area contributed by atoms with Crippen LogP contribution in [0.4, 0.5) is 0 Å². The average Bonchev–Trinajstić information content (AvgIpc) is 3.31. The van der Waals surface area contributed by atoms with Gasteiger partial charge in [-0.2, -0.15) is 5.10 Å². The highest BCUT2D eigenvalue weighted by molar-refractivity contribution is 5.49. The quantitative estimate of drug-likeness (QED) is 0.606. The van der Waals surface area contributed by atoms with Gasteiger partial charge in [0.2, 0.25) is 5.82 Å². The Morgan fingerprint density at radius 2 is 2.00 bits per heavy atom. The Balaban J connectivity index is 1.61. The molecule has 0 atom stereocenters. The fourth-order valence-electron chi connectivity index (χ4n) is 2.39. The molecule has 0 aliphatic carbocycles. The van der Waals surface area contributed by atoms with Crippen molar-refractivity contribution >= 4 is 0 Å².